The summed E-state index contributed by atoms with van der Waals surface area (Å²) in [6, 6.07) is 0. The molecule has 0 saturated carbocycles. The van der Waals surface area contributed by atoms with E-state index in [9.17, 15) is 43.2 Å². The minimum absolute atomic E-state index is 0.106. The molecule has 0 aromatic carbocycles. The first-order valence-corrected chi connectivity index (χ1v) is 43.6. The summed E-state index contributed by atoms with van der Waals surface area (Å²) >= 11 is 0. The maximum absolute atomic E-state index is 13.1. The number of phosphoric acid groups is 2. The Morgan fingerprint density at radius 3 is 0.701 bits per heavy atom. The van der Waals surface area contributed by atoms with Gasteiger partial charge in [-0.25, -0.2) is 9.13 Å². The number of hydrogen-bond donors (Lipinski definition) is 3. The van der Waals surface area contributed by atoms with E-state index in [2.05, 4.69) is 34.6 Å². The van der Waals surface area contributed by atoms with Crippen molar-refractivity contribution in [2.24, 2.45) is 5.92 Å². The molecular formula is C78H152O17P2. The van der Waals surface area contributed by atoms with E-state index in [0.717, 1.165) is 95.8 Å². The van der Waals surface area contributed by atoms with Crippen LogP contribution in [0.3, 0.4) is 0 Å². The number of ether oxygens (including phenoxy) is 4. The van der Waals surface area contributed by atoms with Gasteiger partial charge in [-0.1, -0.05) is 362 Å². The molecule has 3 N–H and O–H groups in total. The van der Waals surface area contributed by atoms with Crippen LogP contribution in [0.4, 0.5) is 0 Å². The molecule has 0 rings (SSSR count). The number of esters is 4. The van der Waals surface area contributed by atoms with Crippen LogP contribution in [0.25, 0.3) is 0 Å². The highest BCUT2D eigenvalue weighted by atomic mass is 31.2. The first-order valence-electron chi connectivity index (χ1n) is 40.6. The SMILES string of the molecule is CCCCCCCCCCCCCCCCCCCCC(=O)O[C@H](COC(=O)CCCCCCCCCCCCCCCCCCC)COP(=O)(O)OC[C@@H](O)COP(=O)(O)OC[C@@H](COC(=O)CCCCCCCCCCC)OC(=O)CCCCCCCCCCCCC(C)C. The third-order valence-electron chi connectivity index (χ3n) is 18.3. The van der Waals surface area contributed by atoms with Gasteiger partial charge in [-0.3, -0.25) is 37.3 Å². The Morgan fingerprint density at radius 1 is 0.278 bits per heavy atom. The van der Waals surface area contributed by atoms with Crippen LogP contribution in [-0.4, -0.2) is 96.7 Å². The molecular weight excluding hydrogens is 1270 g/mol. The Kier molecular flexibility index (Phi) is 69.6. The van der Waals surface area contributed by atoms with E-state index in [1.54, 1.807) is 0 Å². The number of unbranched alkanes of at least 4 members (excludes halogenated alkanes) is 50. The number of rotatable bonds is 78. The zero-order chi connectivity index (χ0) is 71.2. The first kappa shape index (κ1) is 95.1. The van der Waals surface area contributed by atoms with Crippen molar-refractivity contribution in [2.75, 3.05) is 39.6 Å². The molecule has 0 saturated heterocycles. The molecule has 0 spiro atoms. The molecule has 97 heavy (non-hydrogen) atoms. The Balaban J connectivity index is 5.22. The molecule has 0 fully saturated rings. The Labute approximate surface area is 594 Å². The number of aliphatic hydroxyl groups is 1. The average molecular weight is 1420 g/mol. The maximum atomic E-state index is 13.1. The lowest BCUT2D eigenvalue weighted by Crippen LogP contribution is -2.30. The van der Waals surface area contributed by atoms with Gasteiger partial charge in [0.2, 0.25) is 0 Å². The smallest absolute Gasteiger partial charge is 0.462 e. The average Bonchev–Trinajstić information content (AvgIpc) is 1.37. The van der Waals surface area contributed by atoms with E-state index in [1.807, 2.05) is 0 Å². The molecule has 0 aliphatic rings. The minimum Gasteiger partial charge on any atom is -0.462 e. The van der Waals surface area contributed by atoms with Gasteiger partial charge in [0.1, 0.15) is 19.3 Å². The molecule has 0 aliphatic heterocycles. The molecule has 19 heteroatoms. The zero-order valence-corrected chi connectivity index (χ0v) is 65.0. The highest BCUT2D eigenvalue weighted by Crippen LogP contribution is 2.45. The van der Waals surface area contributed by atoms with Gasteiger partial charge in [0, 0.05) is 25.7 Å². The lowest BCUT2D eigenvalue weighted by molar-refractivity contribution is -0.161. The van der Waals surface area contributed by atoms with Crippen molar-refractivity contribution in [1.82, 2.24) is 0 Å². The zero-order valence-electron chi connectivity index (χ0n) is 63.2. The van der Waals surface area contributed by atoms with E-state index >= 15 is 0 Å². The van der Waals surface area contributed by atoms with Crippen LogP contribution in [0.2, 0.25) is 0 Å². The molecule has 0 aromatic heterocycles. The normalized spacial score (nSPS) is 13.9. The molecule has 0 aromatic rings. The van der Waals surface area contributed by atoms with Crippen LogP contribution >= 0.6 is 15.6 Å². The number of carbonyl (C=O) groups is 4. The molecule has 576 valence electrons. The summed E-state index contributed by atoms with van der Waals surface area (Å²) in [4.78, 5) is 72.9. The molecule has 0 bridgehead atoms. The second-order valence-corrected chi connectivity index (χ2v) is 31.5. The largest absolute Gasteiger partial charge is 0.472 e. The quantitative estimate of drug-likeness (QED) is 0.0222. The van der Waals surface area contributed by atoms with Crippen molar-refractivity contribution >= 4 is 39.5 Å². The summed E-state index contributed by atoms with van der Waals surface area (Å²) in [5, 5.41) is 10.6. The fraction of sp³-hybridized carbons (Fsp3) is 0.949. The highest BCUT2D eigenvalue weighted by Gasteiger charge is 2.30. The summed E-state index contributed by atoms with van der Waals surface area (Å²) in [7, 11) is -9.91. The van der Waals surface area contributed by atoms with E-state index < -0.39 is 97.5 Å². The second kappa shape index (κ2) is 71.1. The number of phosphoric ester groups is 2. The lowest BCUT2D eigenvalue weighted by Gasteiger charge is -2.21. The highest BCUT2D eigenvalue weighted by molar-refractivity contribution is 7.47. The van der Waals surface area contributed by atoms with Gasteiger partial charge in [0.25, 0.3) is 0 Å². The molecule has 0 radical (unpaired) electrons. The standard InChI is InChI=1S/C78H152O17P2/c1-6-9-12-15-18-21-23-25-27-29-31-33-35-37-43-48-53-58-63-77(82)94-74(68-89-76(81)62-57-52-47-42-36-34-32-30-28-26-24-22-19-16-13-10-7-2)70-93-97(86,87)91-66-72(79)65-90-96(84,85)92-69-73(67-88-75(80)61-56-51-46-40-20-17-14-11-8-3)95-78(83)64-59-54-49-44-39-38-41-45-50-55-60-71(4)5/h71-74,79H,6-70H2,1-5H3,(H,84,85)(H,86,87)/t72-,73+,74+/m0/s1. The fourth-order valence-corrected chi connectivity index (χ4v) is 13.6. The third kappa shape index (κ3) is 72.2. The lowest BCUT2D eigenvalue weighted by atomic mass is 10.0. The van der Waals surface area contributed by atoms with E-state index in [-0.39, 0.29) is 25.7 Å². The van der Waals surface area contributed by atoms with Gasteiger partial charge < -0.3 is 33.8 Å². The van der Waals surface area contributed by atoms with Crippen LogP contribution in [0.5, 0.6) is 0 Å². The molecule has 0 heterocycles. The Hall–Kier alpha value is -1.94. The number of hydrogen-bond acceptors (Lipinski definition) is 15. The first-order chi connectivity index (χ1) is 47.0. The summed E-state index contributed by atoms with van der Waals surface area (Å²) in [5.41, 5.74) is 0. The van der Waals surface area contributed by atoms with Crippen LogP contribution in [0.15, 0.2) is 0 Å². The minimum atomic E-state index is -4.96. The van der Waals surface area contributed by atoms with Gasteiger partial charge in [-0.2, -0.15) is 0 Å². The van der Waals surface area contributed by atoms with Gasteiger partial charge in [0.15, 0.2) is 12.2 Å². The maximum Gasteiger partial charge on any atom is 0.472 e. The van der Waals surface area contributed by atoms with Crippen molar-refractivity contribution in [1.29, 1.82) is 0 Å². The third-order valence-corrected chi connectivity index (χ3v) is 20.2. The van der Waals surface area contributed by atoms with Crippen LogP contribution in [-0.2, 0) is 65.4 Å². The molecule has 17 nitrogen and oxygen atoms in total. The summed E-state index contributed by atoms with van der Waals surface area (Å²) < 4.78 is 68.6. The molecule has 5 atom stereocenters. The molecule has 0 aliphatic carbocycles. The molecule has 2 unspecified atom stereocenters. The fourth-order valence-electron chi connectivity index (χ4n) is 12.1. The van der Waals surface area contributed by atoms with Crippen molar-refractivity contribution < 1.29 is 80.2 Å². The summed E-state index contributed by atoms with van der Waals surface area (Å²) in [6.45, 7) is 7.29. The van der Waals surface area contributed by atoms with Crippen molar-refractivity contribution in [3.63, 3.8) is 0 Å². The summed E-state index contributed by atoms with van der Waals surface area (Å²) in [6.07, 6.45) is 61.0. The van der Waals surface area contributed by atoms with Crippen LogP contribution < -0.4 is 0 Å². The second-order valence-electron chi connectivity index (χ2n) is 28.6. The topological polar surface area (TPSA) is 237 Å². The summed E-state index contributed by atoms with van der Waals surface area (Å²) in [5.74, 6) is -1.36. The van der Waals surface area contributed by atoms with Gasteiger partial charge in [-0.05, 0) is 31.6 Å². The van der Waals surface area contributed by atoms with E-state index in [1.165, 1.54) is 238 Å². The molecule has 0 amide bonds. The van der Waals surface area contributed by atoms with Gasteiger partial charge in [0.05, 0.1) is 26.4 Å². The van der Waals surface area contributed by atoms with Gasteiger partial charge in [-0.15, -0.1) is 0 Å². The number of carbonyl (C=O) groups excluding carboxylic acids is 4. The predicted molar refractivity (Wildman–Crippen MR) is 395 cm³/mol. The van der Waals surface area contributed by atoms with E-state index in [0.29, 0.717) is 25.7 Å². The van der Waals surface area contributed by atoms with Crippen molar-refractivity contribution in [2.45, 2.75) is 432 Å². The van der Waals surface area contributed by atoms with Crippen LogP contribution in [0, 0.1) is 5.92 Å². The Bertz CT molecular complexity index is 1860. The monoisotopic (exact) mass is 1420 g/mol. The van der Waals surface area contributed by atoms with E-state index in [4.69, 9.17) is 37.0 Å². The van der Waals surface area contributed by atoms with Crippen molar-refractivity contribution in [3.8, 4) is 0 Å². The number of aliphatic hydroxyl groups excluding tert-OH is 1. The van der Waals surface area contributed by atoms with Crippen molar-refractivity contribution in [3.05, 3.63) is 0 Å². The van der Waals surface area contributed by atoms with Gasteiger partial charge >= 0.3 is 39.5 Å². The van der Waals surface area contributed by atoms with Crippen LogP contribution in [0.1, 0.15) is 413 Å². The predicted octanol–water partition coefficient (Wildman–Crippen LogP) is 23.3. The Morgan fingerprint density at radius 2 is 0.474 bits per heavy atom.